The third-order valence-corrected chi connectivity index (χ3v) is 4.07. The summed E-state index contributed by atoms with van der Waals surface area (Å²) in [5.74, 6) is 6.41. The van der Waals surface area contributed by atoms with Crippen molar-refractivity contribution < 1.29 is 0 Å². The molecule has 1 rings (SSSR count). The molecule has 0 spiro atoms. The molecule has 0 aromatic carbocycles. The van der Waals surface area contributed by atoms with Crippen molar-refractivity contribution in [1.82, 2.24) is 5.43 Å². The molecule has 0 aliphatic rings. The van der Waals surface area contributed by atoms with E-state index in [9.17, 15) is 0 Å². The van der Waals surface area contributed by atoms with Gasteiger partial charge in [-0.3, -0.25) is 11.3 Å². The first-order chi connectivity index (χ1) is 7.74. The molecule has 92 valence electrons. The Morgan fingerprint density at radius 1 is 1.31 bits per heavy atom. The van der Waals surface area contributed by atoms with Crippen LogP contribution in [0.25, 0.3) is 0 Å². The number of aryl methyl sites for hydroxylation is 1. The Hall–Kier alpha value is -0.380. The van der Waals surface area contributed by atoms with E-state index in [2.05, 4.69) is 37.6 Å². The molecule has 2 nitrogen and oxygen atoms in total. The molecule has 3 N–H and O–H groups in total. The highest BCUT2D eigenvalue weighted by molar-refractivity contribution is 7.10. The Morgan fingerprint density at radius 2 is 1.94 bits per heavy atom. The summed E-state index contributed by atoms with van der Waals surface area (Å²) >= 11 is 1.81. The van der Waals surface area contributed by atoms with Gasteiger partial charge >= 0.3 is 0 Å². The lowest BCUT2D eigenvalue weighted by Crippen LogP contribution is -2.33. The minimum atomic E-state index is 0.325. The average Bonchev–Trinajstić information content (AvgIpc) is 2.67. The zero-order chi connectivity index (χ0) is 12.0. The van der Waals surface area contributed by atoms with Crippen LogP contribution in [0.15, 0.2) is 11.4 Å². The maximum absolute atomic E-state index is 5.75. The van der Waals surface area contributed by atoms with Crippen LogP contribution in [0.1, 0.15) is 56.0 Å². The number of hydrazine groups is 1. The van der Waals surface area contributed by atoms with Gasteiger partial charge in [-0.15, -0.1) is 11.3 Å². The van der Waals surface area contributed by atoms with Crippen LogP contribution < -0.4 is 11.3 Å². The first kappa shape index (κ1) is 13.7. The third kappa shape index (κ3) is 3.30. The maximum atomic E-state index is 5.75. The fraction of sp³-hybridized carbons (Fsp3) is 0.692. The smallest absolute Gasteiger partial charge is 0.0499 e. The Kier molecular flexibility index (Phi) is 6.03. The topological polar surface area (TPSA) is 38.0 Å². The fourth-order valence-electron chi connectivity index (χ4n) is 2.42. The molecule has 0 fully saturated rings. The van der Waals surface area contributed by atoms with Crippen LogP contribution in [0.5, 0.6) is 0 Å². The van der Waals surface area contributed by atoms with E-state index in [1.165, 1.54) is 36.1 Å². The molecule has 0 bridgehead atoms. The van der Waals surface area contributed by atoms with Crippen LogP contribution >= 0.6 is 11.3 Å². The third-order valence-electron chi connectivity index (χ3n) is 3.20. The van der Waals surface area contributed by atoms with Gasteiger partial charge in [-0.05, 0) is 42.7 Å². The lowest BCUT2D eigenvalue weighted by atomic mass is 9.87. The molecule has 0 aliphatic carbocycles. The van der Waals surface area contributed by atoms with E-state index in [1.807, 2.05) is 0 Å². The van der Waals surface area contributed by atoms with Gasteiger partial charge in [0.1, 0.15) is 0 Å². The molecule has 0 saturated heterocycles. The minimum Gasteiger partial charge on any atom is -0.271 e. The number of nitrogens with one attached hydrogen (secondary N) is 1. The quantitative estimate of drug-likeness (QED) is 0.562. The molecular formula is C13H24N2S. The van der Waals surface area contributed by atoms with Gasteiger partial charge in [-0.2, -0.15) is 0 Å². The van der Waals surface area contributed by atoms with Crippen LogP contribution in [-0.4, -0.2) is 0 Å². The number of hydrogen-bond donors (Lipinski definition) is 2. The van der Waals surface area contributed by atoms with Gasteiger partial charge in [0.25, 0.3) is 0 Å². The van der Waals surface area contributed by atoms with E-state index < -0.39 is 0 Å². The summed E-state index contributed by atoms with van der Waals surface area (Å²) in [5.41, 5.74) is 4.41. The van der Waals surface area contributed by atoms with Crippen LogP contribution in [0.4, 0.5) is 0 Å². The average molecular weight is 240 g/mol. The van der Waals surface area contributed by atoms with E-state index in [0.29, 0.717) is 12.0 Å². The van der Waals surface area contributed by atoms with E-state index in [4.69, 9.17) is 5.84 Å². The van der Waals surface area contributed by atoms with E-state index in [1.54, 1.807) is 11.3 Å². The van der Waals surface area contributed by atoms with Crippen molar-refractivity contribution in [3.8, 4) is 0 Å². The minimum absolute atomic E-state index is 0.325. The molecule has 0 aliphatic heterocycles. The van der Waals surface area contributed by atoms with Crippen molar-refractivity contribution in [2.45, 2.75) is 52.5 Å². The monoisotopic (exact) mass is 240 g/mol. The SMILES string of the molecule is CCCC(CCC)C(NN)c1ccsc1C. The van der Waals surface area contributed by atoms with E-state index >= 15 is 0 Å². The molecule has 1 unspecified atom stereocenters. The van der Waals surface area contributed by atoms with Gasteiger partial charge < -0.3 is 0 Å². The highest BCUT2D eigenvalue weighted by Gasteiger charge is 2.22. The molecule has 0 radical (unpaired) electrons. The lowest BCUT2D eigenvalue weighted by Gasteiger charge is -2.26. The standard InChI is InChI=1S/C13H24N2S/c1-4-6-11(7-5-2)13(15-14)12-8-9-16-10(12)3/h8-9,11,13,15H,4-7,14H2,1-3H3. The van der Waals surface area contributed by atoms with Crippen molar-refractivity contribution in [3.05, 3.63) is 21.9 Å². The Bertz CT molecular complexity index is 290. The zero-order valence-corrected chi connectivity index (χ0v) is 11.4. The summed E-state index contributed by atoms with van der Waals surface area (Å²) in [6.45, 7) is 6.67. The molecule has 16 heavy (non-hydrogen) atoms. The van der Waals surface area contributed by atoms with Crippen molar-refractivity contribution in [3.63, 3.8) is 0 Å². The van der Waals surface area contributed by atoms with E-state index in [0.717, 1.165) is 0 Å². The van der Waals surface area contributed by atoms with Crippen LogP contribution in [-0.2, 0) is 0 Å². The summed E-state index contributed by atoms with van der Waals surface area (Å²) in [7, 11) is 0. The second kappa shape index (κ2) is 7.05. The second-order valence-corrected chi connectivity index (χ2v) is 5.53. The predicted octanol–water partition coefficient (Wildman–Crippen LogP) is 3.78. The molecule has 0 amide bonds. The first-order valence-corrected chi connectivity index (χ1v) is 7.12. The first-order valence-electron chi connectivity index (χ1n) is 6.24. The van der Waals surface area contributed by atoms with Gasteiger partial charge in [0.05, 0.1) is 0 Å². The fourth-order valence-corrected chi connectivity index (χ4v) is 3.17. The van der Waals surface area contributed by atoms with Crippen molar-refractivity contribution in [2.24, 2.45) is 11.8 Å². The normalized spacial score (nSPS) is 13.3. The van der Waals surface area contributed by atoms with Crippen molar-refractivity contribution in [2.75, 3.05) is 0 Å². The lowest BCUT2D eigenvalue weighted by molar-refractivity contribution is 0.319. The van der Waals surface area contributed by atoms with E-state index in [-0.39, 0.29) is 0 Å². The van der Waals surface area contributed by atoms with Crippen molar-refractivity contribution in [1.29, 1.82) is 0 Å². The molecule has 3 heteroatoms. The highest BCUT2D eigenvalue weighted by Crippen LogP contribution is 2.32. The maximum Gasteiger partial charge on any atom is 0.0499 e. The number of thiophene rings is 1. The Balaban J connectivity index is 2.81. The summed E-state index contributed by atoms with van der Waals surface area (Å²) in [6.07, 6.45) is 4.95. The van der Waals surface area contributed by atoms with Crippen molar-refractivity contribution >= 4 is 11.3 Å². The Labute approximate surface area is 103 Å². The second-order valence-electron chi connectivity index (χ2n) is 4.41. The molecule has 1 aromatic heterocycles. The van der Waals surface area contributed by atoms with Crippen LogP contribution in [0.2, 0.25) is 0 Å². The molecular weight excluding hydrogens is 216 g/mol. The summed E-state index contributed by atoms with van der Waals surface area (Å²) in [4.78, 5) is 1.39. The van der Waals surface area contributed by atoms with Gasteiger partial charge in [0.2, 0.25) is 0 Å². The molecule has 1 heterocycles. The summed E-state index contributed by atoms with van der Waals surface area (Å²) in [5, 5.41) is 2.16. The Morgan fingerprint density at radius 3 is 2.31 bits per heavy atom. The van der Waals surface area contributed by atoms with Crippen LogP contribution in [0.3, 0.4) is 0 Å². The summed E-state index contributed by atoms with van der Waals surface area (Å²) < 4.78 is 0. The van der Waals surface area contributed by atoms with Crippen LogP contribution in [0, 0.1) is 12.8 Å². The van der Waals surface area contributed by atoms with Gasteiger partial charge in [-0.25, -0.2) is 0 Å². The molecule has 1 atom stereocenters. The summed E-state index contributed by atoms with van der Waals surface area (Å²) in [6, 6.07) is 2.54. The number of rotatable bonds is 7. The van der Waals surface area contributed by atoms with Gasteiger partial charge in [-0.1, -0.05) is 26.7 Å². The zero-order valence-electron chi connectivity index (χ0n) is 10.6. The van der Waals surface area contributed by atoms with Gasteiger partial charge in [0.15, 0.2) is 0 Å². The number of nitrogens with two attached hydrogens (primary N) is 1. The largest absolute Gasteiger partial charge is 0.271 e. The van der Waals surface area contributed by atoms with Gasteiger partial charge in [0, 0.05) is 10.9 Å². The molecule has 0 saturated carbocycles. The predicted molar refractivity (Wildman–Crippen MR) is 72.4 cm³/mol. The molecule has 1 aromatic rings. The number of hydrogen-bond acceptors (Lipinski definition) is 3. The highest BCUT2D eigenvalue weighted by atomic mass is 32.1.